The van der Waals surface area contributed by atoms with Gasteiger partial charge in [0, 0.05) is 10.6 Å². The highest BCUT2D eigenvalue weighted by molar-refractivity contribution is 6.31. The third-order valence-electron chi connectivity index (χ3n) is 2.27. The number of benzene rings is 1. The summed E-state index contributed by atoms with van der Waals surface area (Å²) < 4.78 is 26.2. The molecule has 0 amide bonds. The van der Waals surface area contributed by atoms with E-state index in [1.165, 1.54) is 13.0 Å². The van der Waals surface area contributed by atoms with Gasteiger partial charge in [-0.05, 0) is 25.5 Å². The van der Waals surface area contributed by atoms with Crippen LogP contribution in [0.15, 0.2) is 12.1 Å². The Morgan fingerprint density at radius 1 is 1.43 bits per heavy atom. The van der Waals surface area contributed by atoms with Gasteiger partial charge in [-0.3, -0.25) is 0 Å². The number of halogens is 3. The highest BCUT2D eigenvalue weighted by Crippen LogP contribution is 2.33. The molecule has 0 aliphatic rings. The standard InChI is InChI=1S/C10H11ClF2O/c1-3-10(2,14)8-6(11)4-5-7(12)9(8)13/h4-5,14H,3H2,1-2H3. The number of hydrogen-bond acceptors (Lipinski definition) is 1. The van der Waals surface area contributed by atoms with Crippen LogP contribution in [0.25, 0.3) is 0 Å². The van der Waals surface area contributed by atoms with Crippen molar-refractivity contribution in [2.75, 3.05) is 0 Å². The van der Waals surface area contributed by atoms with Gasteiger partial charge in [0.1, 0.15) is 0 Å². The first-order valence-corrected chi connectivity index (χ1v) is 4.64. The monoisotopic (exact) mass is 220 g/mol. The molecule has 0 radical (unpaired) electrons. The second kappa shape index (κ2) is 3.83. The first-order valence-electron chi connectivity index (χ1n) is 4.26. The van der Waals surface area contributed by atoms with Crippen molar-refractivity contribution in [1.29, 1.82) is 0 Å². The van der Waals surface area contributed by atoms with Crippen LogP contribution >= 0.6 is 11.6 Å². The van der Waals surface area contributed by atoms with E-state index in [0.29, 0.717) is 0 Å². The van der Waals surface area contributed by atoms with Crippen LogP contribution in [0, 0.1) is 11.6 Å². The van der Waals surface area contributed by atoms with E-state index >= 15 is 0 Å². The minimum absolute atomic E-state index is 0.0377. The summed E-state index contributed by atoms with van der Waals surface area (Å²) in [5.74, 6) is -2.08. The smallest absolute Gasteiger partial charge is 0.166 e. The first kappa shape index (κ1) is 11.4. The highest BCUT2D eigenvalue weighted by Gasteiger charge is 2.28. The van der Waals surface area contributed by atoms with E-state index in [0.717, 1.165) is 6.07 Å². The summed E-state index contributed by atoms with van der Waals surface area (Å²) in [5, 5.41) is 9.83. The zero-order chi connectivity index (χ0) is 10.9. The Balaban J connectivity index is 3.40. The molecule has 1 aromatic rings. The third-order valence-corrected chi connectivity index (χ3v) is 2.59. The lowest BCUT2D eigenvalue weighted by molar-refractivity contribution is 0.0487. The minimum Gasteiger partial charge on any atom is -0.385 e. The summed E-state index contributed by atoms with van der Waals surface area (Å²) in [6.45, 7) is 3.07. The summed E-state index contributed by atoms with van der Waals surface area (Å²) in [6, 6.07) is 2.17. The molecule has 1 aromatic carbocycles. The van der Waals surface area contributed by atoms with Gasteiger partial charge in [0.2, 0.25) is 0 Å². The van der Waals surface area contributed by atoms with Crippen molar-refractivity contribution in [1.82, 2.24) is 0 Å². The molecule has 1 atom stereocenters. The van der Waals surface area contributed by atoms with Crippen molar-refractivity contribution in [2.24, 2.45) is 0 Å². The maximum Gasteiger partial charge on any atom is 0.166 e. The van der Waals surface area contributed by atoms with Crippen LogP contribution in [0.2, 0.25) is 5.02 Å². The van der Waals surface area contributed by atoms with Crippen molar-refractivity contribution in [2.45, 2.75) is 25.9 Å². The van der Waals surface area contributed by atoms with Crippen LogP contribution in [-0.2, 0) is 5.60 Å². The molecule has 1 rings (SSSR count). The van der Waals surface area contributed by atoms with Gasteiger partial charge in [0.25, 0.3) is 0 Å². The molecule has 0 aromatic heterocycles. The van der Waals surface area contributed by atoms with Gasteiger partial charge in [0.15, 0.2) is 11.6 Å². The fourth-order valence-electron chi connectivity index (χ4n) is 1.20. The summed E-state index contributed by atoms with van der Waals surface area (Å²) in [7, 11) is 0. The lowest BCUT2D eigenvalue weighted by Gasteiger charge is -2.23. The van der Waals surface area contributed by atoms with E-state index in [1.807, 2.05) is 0 Å². The number of aliphatic hydroxyl groups is 1. The predicted octanol–water partition coefficient (Wildman–Crippen LogP) is 3.24. The van der Waals surface area contributed by atoms with E-state index < -0.39 is 17.2 Å². The molecule has 4 heteroatoms. The van der Waals surface area contributed by atoms with Crippen LogP contribution in [0.4, 0.5) is 8.78 Å². The maximum atomic E-state index is 13.3. The van der Waals surface area contributed by atoms with Gasteiger partial charge in [-0.15, -0.1) is 0 Å². The molecule has 1 nitrogen and oxygen atoms in total. The molecular weight excluding hydrogens is 210 g/mol. The second-order valence-electron chi connectivity index (χ2n) is 3.35. The van der Waals surface area contributed by atoms with Gasteiger partial charge >= 0.3 is 0 Å². The van der Waals surface area contributed by atoms with Crippen LogP contribution in [0.5, 0.6) is 0 Å². The van der Waals surface area contributed by atoms with Crippen molar-refractivity contribution < 1.29 is 13.9 Å². The van der Waals surface area contributed by atoms with E-state index in [9.17, 15) is 13.9 Å². The van der Waals surface area contributed by atoms with Crippen molar-refractivity contribution in [3.63, 3.8) is 0 Å². The van der Waals surface area contributed by atoms with Gasteiger partial charge in [-0.1, -0.05) is 18.5 Å². The van der Waals surface area contributed by atoms with E-state index in [4.69, 9.17) is 11.6 Å². The van der Waals surface area contributed by atoms with E-state index in [1.54, 1.807) is 6.92 Å². The molecule has 0 heterocycles. The molecule has 0 aliphatic heterocycles. The van der Waals surface area contributed by atoms with E-state index in [2.05, 4.69) is 0 Å². The summed E-state index contributed by atoms with van der Waals surface area (Å²) in [6.07, 6.45) is 0.257. The number of hydrogen-bond donors (Lipinski definition) is 1. The van der Waals surface area contributed by atoms with Crippen molar-refractivity contribution in [3.05, 3.63) is 34.4 Å². The zero-order valence-corrected chi connectivity index (χ0v) is 8.70. The lowest BCUT2D eigenvalue weighted by Crippen LogP contribution is -2.22. The molecule has 0 saturated carbocycles. The molecule has 0 bridgehead atoms. The van der Waals surface area contributed by atoms with Crippen molar-refractivity contribution in [3.8, 4) is 0 Å². The average Bonchev–Trinajstić information content (AvgIpc) is 2.12. The minimum atomic E-state index is -1.44. The first-order chi connectivity index (χ1) is 6.40. The Labute approximate surface area is 86.3 Å². The summed E-state index contributed by atoms with van der Waals surface area (Å²) in [5.41, 5.74) is -1.62. The molecule has 0 fully saturated rings. The molecule has 0 saturated heterocycles. The number of rotatable bonds is 2. The maximum absolute atomic E-state index is 13.3. The van der Waals surface area contributed by atoms with Gasteiger partial charge in [-0.25, -0.2) is 8.78 Å². The highest BCUT2D eigenvalue weighted by atomic mass is 35.5. The third kappa shape index (κ3) is 1.88. The normalized spacial score (nSPS) is 15.3. The molecule has 1 unspecified atom stereocenters. The van der Waals surface area contributed by atoms with Gasteiger partial charge in [0.05, 0.1) is 5.60 Å². The fourth-order valence-corrected chi connectivity index (χ4v) is 1.55. The SMILES string of the molecule is CCC(C)(O)c1c(Cl)ccc(F)c1F. The Bertz CT molecular complexity index is 350. The molecule has 78 valence electrons. The molecule has 14 heavy (non-hydrogen) atoms. The van der Waals surface area contributed by atoms with Gasteiger partial charge in [-0.2, -0.15) is 0 Å². The molecular formula is C10H11ClF2O. The summed E-state index contributed by atoms with van der Waals surface area (Å²) >= 11 is 5.70. The zero-order valence-electron chi connectivity index (χ0n) is 7.94. The van der Waals surface area contributed by atoms with Gasteiger partial charge < -0.3 is 5.11 Å². The largest absolute Gasteiger partial charge is 0.385 e. The summed E-state index contributed by atoms with van der Waals surface area (Å²) in [4.78, 5) is 0. The van der Waals surface area contributed by atoms with Crippen LogP contribution in [0.1, 0.15) is 25.8 Å². The van der Waals surface area contributed by atoms with Crippen LogP contribution in [0.3, 0.4) is 0 Å². The van der Waals surface area contributed by atoms with E-state index in [-0.39, 0.29) is 17.0 Å². The average molecular weight is 221 g/mol. The predicted molar refractivity (Wildman–Crippen MR) is 51.2 cm³/mol. The van der Waals surface area contributed by atoms with Crippen LogP contribution in [-0.4, -0.2) is 5.11 Å². The molecule has 0 spiro atoms. The Morgan fingerprint density at radius 3 is 2.50 bits per heavy atom. The fraction of sp³-hybridized carbons (Fsp3) is 0.400. The Hall–Kier alpha value is -0.670. The molecule has 0 aliphatic carbocycles. The van der Waals surface area contributed by atoms with Crippen molar-refractivity contribution >= 4 is 11.6 Å². The topological polar surface area (TPSA) is 20.2 Å². The van der Waals surface area contributed by atoms with Crippen LogP contribution < -0.4 is 0 Å². The quantitative estimate of drug-likeness (QED) is 0.759. The lowest BCUT2D eigenvalue weighted by atomic mass is 9.93. The Kier molecular flexibility index (Phi) is 3.12. The second-order valence-corrected chi connectivity index (χ2v) is 3.75. The Morgan fingerprint density at radius 2 is 2.00 bits per heavy atom. The molecule has 1 N–H and O–H groups in total.